The zero-order valence-electron chi connectivity index (χ0n) is 13.5. The molecule has 1 saturated carbocycles. The molecule has 4 rings (SSSR count). The van der Waals surface area contributed by atoms with E-state index in [0.717, 1.165) is 23.4 Å². The van der Waals surface area contributed by atoms with Crippen LogP contribution in [0.2, 0.25) is 4.34 Å². The Morgan fingerprint density at radius 1 is 1.08 bits per heavy atom. The van der Waals surface area contributed by atoms with Gasteiger partial charge < -0.3 is 5.32 Å². The fourth-order valence-electron chi connectivity index (χ4n) is 2.36. The molecule has 2 aromatic heterocycles. The summed E-state index contributed by atoms with van der Waals surface area (Å²) in [4.78, 5) is 29.5. The average molecular weight is 404 g/mol. The summed E-state index contributed by atoms with van der Waals surface area (Å²) < 4.78 is 0.701. The highest BCUT2D eigenvalue weighted by Gasteiger charge is 2.29. The monoisotopic (exact) mass is 403 g/mol. The molecule has 0 spiro atoms. The number of carbonyl (C=O) groups excluding carboxylic acids is 2. The second-order valence-corrected chi connectivity index (χ2v) is 8.51. The number of nitrogens with one attached hydrogen (secondary N) is 2. The topological polar surface area (TPSA) is 71.1 Å². The van der Waals surface area contributed by atoms with Crippen LogP contribution in [0.25, 0.3) is 10.6 Å². The SMILES string of the molecule is O=C(Nc1nc(-c2ccc(Cl)s2)cs1)c1ccc(NC(=O)C2CC2)cc1. The Balaban J connectivity index is 1.40. The molecule has 5 nitrogen and oxygen atoms in total. The summed E-state index contributed by atoms with van der Waals surface area (Å²) in [7, 11) is 0. The fraction of sp³-hybridized carbons (Fsp3) is 0.167. The maximum atomic E-state index is 12.4. The molecular weight excluding hydrogens is 390 g/mol. The highest BCUT2D eigenvalue weighted by Crippen LogP contribution is 2.33. The highest BCUT2D eigenvalue weighted by molar-refractivity contribution is 7.20. The summed E-state index contributed by atoms with van der Waals surface area (Å²) in [6.45, 7) is 0. The molecule has 1 fully saturated rings. The van der Waals surface area contributed by atoms with E-state index < -0.39 is 0 Å². The van der Waals surface area contributed by atoms with Crippen LogP contribution in [0.5, 0.6) is 0 Å². The van der Waals surface area contributed by atoms with Crippen LogP contribution >= 0.6 is 34.3 Å². The number of hydrogen-bond donors (Lipinski definition) is 2. The van der Waals surface area contributed by atoms with E-state index in [1.165, 1.54) is 22.7 Å². The summed E-state index contributed by atoms with van der Waals surface area (Å²) in [5.74, 6) is -0.0447. The number of nitrogens with zero attached hydrogens (tertiary/aromatic N) is 1. The summed E-state index contributed by atoms with van der Waals surface area (Å²) in [5.41, 5.74) is 2.00. The van der Waals surface area contributed by atoms with E-state index in [0.29, 0.717) is 20.7 Å². The number of aromatic nitrogens is 1. The van der Waals surface area contributed by atoms with Crippen molar-refractivity contribution in [2.75, 3.05) is 10.6 Å². The quantitative estimate of drug-likeness (QED) is 0.620. The lowest BCUT2D eigenvalue weighted by Gasteiger charge is -2.06. The minimum Gasteiger partial charge on any atom is -0.326 e. The van der Waals surface area contributed by atoms with Crippen LogP contribution < -0.4 is 10.6 Å². The van der Waals surface area contributed by atoms with E-state index >= 15 is 0 Å². The number of hydrogen-bond acceptors (Lipinski definition) is 5. The van der Waals surface area contributed by atoms with E-state index in [1.807, 2.05) is 17.5 Å². The maximum absolute atomic E-state index is 12.4. The first-order valence-corrected chi connectivity index (χ1v) is 10.1. The normalized spacial score (nSPS) is 13.4. The van der Waals surface area contributed by atoms with Crippen LogP contribution in [-0.4, -0.2) is 16.8 Å². The predicted molar refractivity (Wildman–Crippen MR) is 106 cm³/mol. The molecule has 0 aliphatic heterocycles. The van der Waals surface area contributed by atoms with E-state index in [-0.39, 0.29) is 17.7 Å². The number of rotatable bonds is 5. The van der Waals surface area contributed by atoms with Crippen LogP contribution in [0.1, 0.15) is 23.2 Å². The minimum atomic E-state index is -0.241. The number of carbonyl (C=O) groups is 2. The molecule has 3 aromatic rings. The minimum absolute atomic E-state index is 0.0474. The van der Waals surface area contributed by atoms with Crippen LogP contribution in [0.4, 0.5) is 10.8 Å². The van der Waals surface area contributed by atoms with Crippen molar-refractivity contribution in [3.8, 4) is 10.6 Å². The molecule has 0 saturated heterocycles. The molecule has 132 valence electrons. The van der Waals surface area contributed by atoms with Gasteiger partial charge in [0.05, 0.1) is 14.9 Å². The van der Waals surface area contributed by atoms with Crippen molar-refractivity contribution in [1.29, 1.82) is 0 Å². The zero-order valence-corrected chi connectivity index (χ0v) is 15.9. The van der Waals surface area contributed by atoms with Crippen LogP contribution in [0.15, 0.2) is 41.8 Å². The van der Waals surface area contributed by atoms with Gasteiger partial charge in [-0.25, -0.2) is 4.98 Å². The third-order valence-electron chi connectivity index (χ3n) is 3.91. The van der Waals surface area contributed by atoms with Crippen molar-refractivity contribution in [1.82, 2.24) is 4.98 Å². The molecule has 1 aromatic carbocycles. The Bertz CT molecular complexity index is 961. The average Bonchev–Trinajstić information content (AvgIpc) is 3.25. The second-order valence-electron chi connectivity index (χ2n) is 5.94. The van der Waals surface area contributed by atoms with Gasteiger partial charge in [0.15, 0.2) is 5.13 Å². The predicted octanol–water partition coefficient (Wildman–Crippen LogP) is 5.13. The highest BCUT2D eigenvalue weighted by atomic mass is 35.5. The summed E-state index contributed by atoms with van der Waals surface area (Å²) in [6, 6.07) is 10.6. The molecule has 26 heavy (non-hydrogen) atoms. The molecule has 0 atom stereocenters. The Kier molecular flexibility index (Phi) is 4.76. The Labute approximate surface area is 163 Å². The van der Waals surface area contributed by atoms with E-state index in [9.17, 15) is 9.59 Å². The maximum Gasteiger partial charge on any atom is 0.257 e. The third-order valence-corrected chi connectivity index (χ3v) is 5.92. The van der Waals surface area contributed by atoms with Gasteiger partial charge >= 0.3 is 0 Å². The number of amides is 2. The van der Waals surface area contributed by atoms with Crippen molar-refractivity contribution in [2.24, 2.45) is 5.92 Å². The third kappa shape index (κ3) is 3.95. The van der Waals surface area contributed by atoms with Crippen LogP contribution in [0.3, 0.4) is 0 Å². The lowest BCUT2D eigenvalue weighted by molar-refractivity contribution is -0.117. The molecular formula is C18H14ClN3O2S2. The van der Waals surface area contributed by atoms with E-state index in [4.69, 9.17) is 11.6 Å². The van der Waals surface area contributed by atoms with Gasteiger partial charge in [-0.1, -0.05) is 11.6 Å². The molecule has 2 N–H and O–H groups in total. The number of thiazole rings is 1. The molecule has 2 heterocycles. The molecule has 1 aliphatic carbocycles. The van der Waals surface area contributed by atoms with Crippen molar-refractivity contribution in [3.63, 3.8) is 0 Å². The first-order chi connectivity index (χ1) is 12.6. The van der Waals surface area contributed by atoms with Gasteiger partial charge in [-0.2, -0.15) is 0 Å². The van der Waals surface area contributed by atoms with Gasteiger partial charge in [0, 0.05) is 22.5 Å². The lowest BCUT2D eigenvalue weighted by Crippen LogP contribution is -2.14. The summed E-state index contributed by atoms with van der Waals surface area (Å²) in [5, 5.41) is 8.06. The Morgan fingerprint density at radius 2 is 1.85 bits per heavy atom. The van der Waals surface area contributed by atoms with Crippen molar-refractivity contribution in [3.05, 3.63) is 51.7 Å². The first kappa shape index (κ1) is 17.2. The van der Waals surface area contributed by atoms with Gasteiger partial charge in [0.1, 0.15) is 0 Å². The van der Waals surface area contributed by atoms with Crippen molar-refractivity contribution >= 4 is 56.9 Å². The van der Waals surface area contributed by atoms with E-state index in [2.05, 4.69) is 15.6 Å². The molecule has 0 radical (unpaired) electrons. The standard InChI is InChI=1S/C18H14ClN3O2S2/c19-15-8-7-14(26-15)13-9-25-18(21-13)22-17(24)11-3-5-12(6-4-11)20-16(23)10-1-2-10/h3-10H,1-2H2,(H,20,23)(H,21,22,24). The number of anilines is 2. The molecule has 0 unspecified atom stereocenters. The number of halogens is 1. The van der Waals surface area contributed by atoms with Crippen molar-refractivity contribution < 1.29 is 9.59 Å². The van der Waals surface area contributed by atoms with E-state index in [1.54, 1.807) is 24.3 Å². The number of benzene rings is 1. The molecule has 2 amide bonds. The number of thiophene rings is 1. The van der Waals surface area contributed by atoms with Crippen LogP contribution in [-0.2, 0) is 4.79 Å². The smallest absolute Gasteiger partial charge is 0.257 e. The van der Waals surface area contributed by atoms with Gasteiger partial charge in [-0.15, -0.1) is 22.7 Å². The van der Waals surface area contributed by atoms with Gasteiger partial charge in [-0.05, 0) is 49.2 Å². The Hall–Kier alpha value is -2.22. The van der Waals surface area contributed by atoms with Gasteiger partial charge in [0.2, 0.25) is 5.91 Å². The first-order valence-electron chi connectivity index (χ1n) is 8.02. The molecule has 8 heteroatoms. The summed E-state index contributed by atoms with van der Waals surface area (Å²) >= 11 is 8.75. The second kappa shape index (κ2) is 7.19. The Morgan fingerprint density at radius 3 is 2.50 bits per heavy atom. The fourth-order valence-corrected chi connectivity index (χ4v) is 4.14. The van der Waals surface area contributed by atoms with Crippen molar-refractivity contribution in [2.45, 2.75) is 12.8 Å². The molecule has 1 aliphatic rings. The summed E-state index contributed by atoms with van der Waals surface area (Å²) in [6.07, 6.45) is 1.92. The largest absolute Gasteiger partial charge is 0.326 e. The lowest BCUT2D eigenvalue weighted by atomic mass is 10.2. The van der Waals surface area contributed by atoms with Gasteiger partial charge in [-0.3, -0.25) is 14.9 Å². The van der Waals surface area contributed by atoms with Gasteiger partial charge in [0.25, 0.3) is 5.91 Å². The zero-order chi connectivity index (χ0) is 18.1. The molecule has 0 bridgehead atoms. The van der Waals surface area contributed by atoms with Crippen LogP contribution in [0, 0.1) is 5.92 Å².